The van der Waals surface area contributed by atoms with Crippen LogP contribution in [-0.4, -0.2) is 32.5 Å². The summed E-state index contributed by atoms with van der Waals surface area (Å²) in [6.45, 7) is 5.50. The first kappa shape index (κ1) is 22.0. The Morgan fingerprint density at radius 2 is 1.73 bits per heavy atom. The molecule has 3 aromatic carbocycles. The number of para-hydroxylation sites is 1. The molecule has 7 heteroatoms. The number of carbonyl (C=O) groups is 1. The van der Waals surface area contributed by atoms with Crippen molar-refractivity contribution in [3.8, 4) is 11.1 Å². The lowest BCUT2D eigenvalue weighted by atomic mass is 10.0. The predicted octanol–water partition coefficient (Wildman–Crippen LogP) is 5.94. The summed E-state index contributed by atoms with van der Waals surface area (Å²) >= 11 is 0. The van der Waals surface area contributed by atoms with Gasteiger partial charge >= 0.3 is 0 Å². The van der Waals surface area contributed by atoms with Crippen LogP contribution in [-0.2, 0) is 4.79 Å². The van der Waals surface area contributed by atoms with Crippen molar-refractivity contribution in [2.75, 3.05) is 17.3 Å². The first-order valence-electron chi connectivity index (χ1n) is 10.9. The third kappa shape index (κ3) is 4.39. The number of anilines is 3. The second-order valence-corrected chi connectivity index (χ2v) is 7.32. The minimum atomic E-state index is -0.0826. The van der Waals surface area contributed by atoms with Crippen LogP contribution in [0.2, 0.25) is 0 Å². The SMILES string of the molecule is CC.CC(=O)Nc1ccc(-c2cccc(N(C)c3nc4nncn4c4ccccc34)c2)cc1.[HH]. The monoisotopic (exact) mass is 440 g/mol. The van der Waals surface area contributed by atoms with E-state index in [1.54, 1.807) is 6.33 Å². The molecule has 0 radical (unpaired) electrons. The van der Waals surface area contributed by atoms with E-state index in [9.17, 15) is 4.79 Å². The normalized spacial score (nSPS) is 10.5. The highest BCUT2D eigenvalue weighted by Gasteiger charge is 2.14. The third-order valence-corrected chi connectivity index (χ3v) is 5.23. The van der Waals surface area contributed by atoms with E-state index in [0.717, 1.165) is 39.2 Å². The van der Waals surface area contributed by atoms with Crippen LogP contribution in [0.3, 0.4) is 0 Å². The fraction of sp³-hybridized carbons (Fsp3) is 0.154. The first-order chi connectivity index (χ1) is 16.1. The summed E-state index contributed by atoms with van der Waals surface area (Å²) in [5, 5.41) is 12.0. The number of hydrogen-bond donors (Lipinski definition) is 1. The lowest BCUT2D eigenvalue weighted by molar-refractivity contribution is -0.114. The Hall–Kier alpha value is -4.26. The highest BCUT2D eigenvalue weighted by atomic mass is 16.1. The molecule has 0 aliphatic rings. The molecule has 0 aliphatic carbocycles. The van der Waals surface area contributed by atoms with Gasteiger partial charge in [-0.25, -0.2) is 0 Å². The Morgan fingerprint density at radius 3 is 2.48 bits per heavy atom. The number of nitrogens with zero attached hydrogens (tertiary/aromatic N) is 5. The van der Waals surface area contributed by atoms with Crippen LogP contribution in [0.4, 0.5) is 17.2 Å². The van der Waals surface area contributed by atoms with E-state index in [1.165, 1.54) is 6.92 Å². The highest BCUT2D eigenvalue weighted by molar-refractivity contribution is 5.93. The molecule has 168 valence electrons. The lowest BCUT2D eigenvalue weighted by Crippen LogP contribution is -2.13. The quantitative estimate of drug-likeness (QED) is 0.374. The van der Waals surface area contributed by atoms with Gasteiger partial charge in [0.15, 0.2) is 0 Å². The lowest BCUT2D eigenvalue weighted by Gasteiger charge is -2.21. The van der Waals surface area contributed by atoms with E-state index in [4.69, 9.17) is 4.98 Å². The number of carbonyl (C=O) groups excluding carboxylic acids is 1. The maximum Gasteiger partial charge on any atom is 0.257 e. The summed E-state index contributed by atoms with van der Waals surface area (Å²) in [5.74, 6) is 1.29. The summed E-state index contributed by atoms with van der Waals surface area (Å²) in [5.41, 5.74) is 4.93. The van der Waals surface area contributed by atoms with Gasteiger partial charge in [-0.05, 0) is 47.5 Å². The molecule has 0 unspecified atom stereocenters. The van der Waals surface area contributed by atoms with Gasteiger partial charge in [0, 0.05) is 32.2 Å². The van der Waals surface area contributed by atoms with Crippen molar-refractivity contribution in [3.05, 3.63) is 79.1 Å². The number of fused-ring (bicyclic) bond motifs is 3. The Balaban J connectivity index is 0.00000105. The molecule has 0 fully saturated rings. The van der Waals surface area contributed by atoms with Gasteiger partial charge < -0.3 is 10.2 Å². The molecule has 0 bridgehead atoms. The number of hydrogen-bond acceptors (Lipinski definition) is 5. The first-order valence-corrected chi connectivity index (χ1v) is 10.9. The molecule has 2 heterocycles. The summed E-state index contributed by atoms with van der Waals surface area (Å²) in [7, 11) is 2.00. The van der Waals surface area contributed by atoms with Crippen molar-refractivity contribution in [1.82, 2.24) is 19.6 Å². The Labute approximate surface area is 194 Å². The highest BCUT2D eigenvalue weighted by Crippen LogP contribution is 2.32. The largest absolute Gasteiger partial charge is 0.329 e. The van der Waals surface area contributed by atoms with Crippen LogP contribution >= 0.6 is 0 Å². The molecule has 0 saturated carbocycles. The molecule has 0 aliphatic heterocycles. The molecule has 1 amide bonds. The minimum Gasteiger partial charge on any atom is -0.329 e. The van der Waals surface area contributed by atoms with Crippen molar-refractivity contribution in [3.63, 3.8) is 0 Å². The number of aromatic nitrogens is 4. The van der Waals surface area contributed by atoms with Crippen LogP contribution in [0.25, 0.3) is 27.8 Å². The standard InChI is InChI=1S/C24H20N6O.C2H6.H2/c1-16(31)26-19-12-10-17(11-13-19)18-6-5-7-20(14-18)29(2)23-21-8-3-4-9-22(21)30-15-25-28-24(30)27-23;1-2;/h3-15H,1-2H3,(H,26,31);1-2H3;1H. The van der Waals surface area contributed by atoms with E-state index in [0.29, 0.717) is 5.78 Å². The number of amides is 1. The van der Waals surface area contributed by atoms with Crippen molar-refractivity contribution >= 4 is 39.8 Å². The molecule has 2 aromatic heterocycles. The van der Waals surface area contributed by atoms with Crippen molar-refractivity contribution < 1.29 is 6.22 Å². The average Bonchev–Trinajstić information content (AvgIpc) is 3.34. The zero-order valence-electron chi connectivity index (χ0n) is 19.1. The van der Waals surface area contributed by atoms with Crippen LogP contribution in [0.15, 0.2) is 79.1 Å². The predicted molar refractivity (Wildman–Crippen MR) is 136 cm³/mol. The number of rotatable bonds is 4. The van der Waals surface area contributed by atoms with Crippen LogP contribution in [0, 0.1) is 0 Å². The molecule has 0 atom stereocenters. The summed E-state index contributed by atoms with van der Waals surface area (Å²) < 4.78 is 1.89. The molecule has 7 nitrogen and oxygen atoms in total. The van der Waals surface area contributed by atoms with Crippen molar-refractivity contribution in [2.24, 2.45) is 0 Å². The average molecular weight is 441 g/mol. The van der Waals surface area contributed by atoms with Gasteiger partial charge in [0.1, 0.15) is 12.1 Å². The van der Waals surface area contributed by atoms with Crippen molar-refractivity contribution in [2.45, 2.75) is 20.8 Å². The minimum absolute atomic E-state index is 0. The second-order valence-electron chi connectivity index (χ2n) is 7.32. The summed E-state index contributed by atoms with van der Waals surface area (Å²) in [6.07, 6.45) is 1.68. The summed E-state index contributed by atoms with van der Waals surface area (Å²) in [4.78, 5) is 18.1. The van der Waals surface area contributed by atoms with E-state index >= 15 is 0 Å². The van der Waals surface area contributed by atoms with E-state index < -0.39 is 0 Å². The number of benzene rings is 3. The van der Waals surface area contributed by atoms with Crippen LogP contribution in [0.5, 0.6) is 0 Å². The maximum absolute atomic E-state index is 11.2. The van der Waals surface area contributed by atoms with Gasteiger partial charge in [0.2, 0.25) is 5.91 Å². The smallest absolute Gasteiger partial charge is 0.257 e. The molecule has 0 saturated heterocycles. The van der Waals surface area contributed by atoms with Gasteiger partial charge in [-0.15, -0.1) is 10.2 Å². The molecule has 5 aromatic rings. The molecule has 33 heavy (non-hydrogen) atoms. The molecular formula is C26H28N6O. The zero-order chi connectivity index (χ0) is 23.4. The van der Waals surface area contributed by atoms with Gasteiger partial charge in [-0.2, -0.15) is 4.98 Å². The topological polar surface area (TPSA) is 75.4 Å². The van der Waals surface area contributed by atoms with Crippen molar-refractivity contribution in [1.29, 1.82) is 0 Å². The van der Waals surface area contributed by atoms with Gasteiger partial charge in [-0.1, -0.05) is 50.2 Å². The van der Waals surface area contributed by atoms with E-state index in [1.807, 2.05) is 73.8 Å². The van der Waals surface area contributed by atoms with Gasteiger partial charge in [0.25, 0.3) is 5.78 Å². The molecule has 0 spiro atoms. The second kappa shape index (κ2) is 9.48. The Kier molecular flexibility index (Phi) is 6.31. The fourth-order valence-electron chi connectivity index (χ4n) is 3.72. The summed E-state index contributed by atoms with van der Waals surface area (Å²) in [6, 6.07) is 24.2. The zero-order valence-corrected chi connectivity index (χ0v) is 19.1. The molecule has 1 N–H and O–H groups in total. The van der Waals surface area contributed by atoms with Gasteiger partial charge in [-0.3, -0.25) is 9.20 Å². The third-order valence-electron chi connectivity index (χ3n) is 5.23. The molecular weight excluding hydrogens is 412 g/mol. The fourth-order valence-corrected chi connectivity index (χ4v) is 3.72. The Morgan fingerprint density at radius 1 is 0.970 bits per heavy atom. The van der Waals surface area contributed by atoms with E-state index in [-0.39, 0.29) is 7.33 Å². The molecule has 5 rings (SSSR count). The van der Waals surface area contributed by atoms with Crippen LogP contribution in [0.1, 0.15) is 22.2 Å². The van der Waals surface area contributed by atoms with Crippen LogP contribution < -0.4 is 10.2 Å². The Bertz CT molecular complexity index is 1410. The number of nitrogens with one attached hydrogen (secondary N) is 1. The van der Waals surface area contributed by atoms with Gasteiger partial charge in [0.05, 0.1) is 5.52 Å². The maximum atomic E-state index is 11.2. The van der Waals surface area contributed by atoms with E-state index in [2.05, 4.69) is 44.7 Å².